The average Bonchev–Trinajstić information content (AvgIpc) is 2.92. The Morgan fingerprint density at radius 3 is 2.77 bits per heavy atom. The molecule has 1 aromatic carbocycles. The quantitative estimate of drug-likeness (QED) is 0.572. The molecule has 0 fully saturated rings. The number of benzene rings is 1. The summed E-state index contributed by atoms with van der Waals surface area (Å²) in [7, 11) is 0. The fourth-order valence-corrected chi connectivity index (χ4v) is 2.46. The summed E-state index contributed by atoms with van der Waals surface area (Å²) in [6, 6.07) is 9.78. The van der Waals surface area contributed by atoms with E-state index in [0.29, 0.717) is 6.61 Å². The minimum absolute atomic E-state index is 0.608. The van der Waals surface area contributed by atoms with E-state index in [1.807, 2.05) is 51.1 Å². The van der Waals surface area contributed by atoms with Crippen molar-refractivity contribution in [3.8, 4) is 17.0 Å². The van der Waals surface area contributed by atoms with Crippen molar-refractivity contribution in [3.63, 3.8) is 0 Å². The van der Waals surface area contributed by atoms with E-state index in [2.05, 4.69) is 15.5 Å². The van der Waals surface area contributed by atoms with Crippen molar-refractivity contribution >= 4 is 11.5 Å². The Hall–Kier alpha value is -2.60. The van der Waals surface area contributed by atoms with Crippen molar-refractivity contribution in [2.24, 2.45) is 5.84 Å². The van der Waals surface area contributed by atoms with Crippen molar-refractivity contribution in [2.75, 3.05) is 12.0 Å². The number of hydrogen-bond donors (Lipinski definition) is 2. The second kappa shape index (κ2) is 5.65. The van der Waals surface area contributed by atoms with E-state index in [-0.39, 0.29) is 0 Å². The summed E-state index contributed by atoms with van der Waals surface area (Å²) >= 11 is 0. The van der Waals surface area contributed by atoms with Gasteiger partial charge in [-0.15, -0.1) is 0 Å². The highest BCUT2D eigenvalue weighted by atomic mass is 16.5. The largest absolute Gasteiger partial charge is 0.493 e. The maximum Gasteiger partial charge on any atom is 0.158 e. The Labute approximate surface area is 128 Å². The van der Waals surface area contributed by atoms with Gasteiger partial charge in [0, 0.05) is 22.9 Å². The van der Waals surface area contributed by atoms with Gasteiger partial charge in [0.15, 0.2) is 5.65 Å². The van der Waals surface area contributed by atoms with Gasteiger partial charge in [-0.2, -0.15) is 9.61 Å². The molecule has 0 radical (unpaired) electrons. The first kappa shape index (κ1) is 14.3. The van der Waals surface area contributed by atoms with Crippen molar-refractivity contribution in [2.45, 2.75) is 20.8 Å². The molecule has 0 aliphatic heterocycles. The predicted molar refractivity (Wildman–Crippen MR) is 86.9 cm³/mol. The molecule has 3 aromatic rings. The average molecular weight is 297 g/mol. The molecule has 22 heavy (non-hydrogen) atoms. The van der Waals surface area contributed by atoms with Gasteiger partial charge in [-0.1, -0.05) is 12.1 Å². The summed E-state index contributed by atoms with van der Waals surface area (Å²) in [5.41, 5.74) is 7.10. The number of nitrogens with zero attached hydrogens (tertiary/aromatic N) is 3. The highest BCUT2D eigenvalue weighted by molar-refractivity contribution is 5.71. The van der Waals surface area contributed by atoms with Crippen molar-refractivity contribution in [3.05, 3.63) is 41.6 Å². The van der Waals surface area contributed by atoms with Crippen LogP contribution in [0.5, 0.6) is 5.75 Å². The number of aryl methyl sites for hydroxylation is 1. The summed E-state index contributed by atoms with van der Waals surface area (Å²) in [6.07, 6.45) is 0. The van der Waals surface area contributed by atoms with E-state index in [9.17, 15) is 0 Å². The predicted octanol–water partition coefficient (Wildman–Crippen LogP) is 2.70. The Kier molecular flexibility index (Phi) is 3.68. The topological polar surface area (TPSA) is 77.5 Å². The molecule has 0 spiro atoms. The van der Waals surface area contributed by atoms with Crippen molar-refractivity contribution in [1.29, 1.82) is 0 Å². The molecule has 114 valence electrons. The summed E-state index contributed by atoms with van der Waals surface area (Å²) in [6.45, 7) is 6.49. The lowest BCUT2D eigenvalue weighted by Gasteiger charge is -2.09. The molecule has 6 nitrogen and oxygen atoms in total. The number of nitrogens with one attached hydrogen (secondary N) is 1. The van der Waals surface area contributed by atoms with Crippen LogP contribution in [0.2, 0.25) is 0 Å². The normalized spacial score (nSPS) is 10.9. The molecule has 0 aliphatic rings. The van der Waals surface area contributed by atoms with Gasteiger partial charge < -0.3 is 10.2 Å². The van der Waals surface area contributed by atoms with Gasteiger partial charge in [0.25, 0.3) is 0 Å². The SMILES string of the molecule is CCOc1ccccc1-c1cc2nc(C)c(C)c(NN)n2n1. The number of hydrazine groups is 1. The monoisotopic (exact) mass is 297 g/mol. The molecule has 3 rings (SSSR count). The first-order chi connectivity index (χ1) is 10.7. The lowest BCUT2D eigenvalue weighted by molar-refractivity contribution is 0.341. The number of para-hydroxylation sites is 1. The zero-order chi connectivity index (χ0) is 15.7. The van der Waals surface area contributed by atoms with Crippen LogP contribution in [-0.4, -0.2) is 21.2 Å². The Bertz CT molecular complexity index is 825. The number of anilines is 1. The van der Waals surface area contributed by atoms with E-state index >= 15 is 0 Å². The number of ether oxygens (including phenoxy) is 1. The molecular formula is C16H19N5O. The highest BCUT2D eigenvalue weighted by Crippen LogP contribution is 2.30. The fraction of sp³-hybridized carbons (Fsp3) is 0.250. The molecule has 0 atom stereocenters. The molecule has 0 aliphatic carbocycles. The van der Waals surface area contributed by atoms with E-state index in [0.717, 1.165) is 39.7 Å². The summed E-state index contributed by atoms with van der Waals surface area (Å²) in [5.74, 6) is 7.20. The van der Waals surface area contributed by atoms with Crippen LogP contribution in [0.4, 0.5) is 5.82 Å². The van der Waals surface area contributed by atoms with Crippen LogP contribution in [-0.2, 0) is 0 Å². The van der Waals surface area contributed by atoms with Gasteiger partial charge in [0.1, 0.15) is 11.6 Å². The molecule has 0 amide bonds. The second-order valence-electron chi connectivity index (χ2n) is 5.04. The third-order valence-corrected chi connectivity index (χ3v) is 3.68. The van der Waals surface area contributed by atoms with Gasteiger partial charge in [-0.25, -0.2) is 10.8 Å². The third kappa shape index (κ3) is 2.27. The van der Waals surface area contributed by atoms with E-state index in [1.54, 1.807) is 4.52 Å². The smallest absolute Gasteiger partial charge is 0.158 e. The van der Waals surface area contributed by atoms with E-state index in [1.165, 1.54) is 0 Å². The first-order valence-electron chi connectivity index (χ1n) is 7.21. The fourth-order valence-electron chi connectivity index (χ4n) is 2.46. The molecule has 3 N–H and O–H groups in total. The molecule has 2 aromatic heterocycles. The van der Waals surface area contributed by atoms with Gasteiger partial charge in [-0.05, 0) is 32.9 Å². The lowest BCUT2D eigenvalue weighted by Crippen LogP contribution is -2.14. The van der Waals surface area contributed by atoms with Crippen LogP contribution in [0.25, 0.3) is 16.9 Å². The van der Waals surface area contributed by atoms with E-state index in [4.69, 9.17) is 10.6 Å². The zero-order valence-electron chi connectivity index (χ0n) is 12.9. The molecule has 0 bridgehead atoms. The van der Waals surface area contributed by atoms with Crippen molar-refractivity contribution < 1.29 is 4.74 Å². The van der Waals surface area contributed by atoms with Gasteiger partial charge in [-0.3, -0.25) is 0 Å². The minimum Gasteiger partial charge on any atom is -0.493 e. The number of nitrogen functional groups attached to an aromatic ring is 1. The molecule has 2 heterocycles. The first-order valence-corrected chi connectivity index (χ1v) is 7.21. The van der Waals surface area contributed by atoms with Gasteiger partial charge in [0.2, 0.25) is 0 Å². The highest BCUT2D eigenvalue weighted by Gasteiger charge is 2.14. The summed E-state index contributed by atoms with van der Waals surface area (Å²) in [4.78, 5) is 4.57. The van der Waals surface area contributed by atoms with Crippen LogP contribution < -0.4 is 16.0 Å². The van der Waals surface area contributed by atoms with Crippen LogP contribution in [0, 0.1) is 13.8 Å². The Morgan fingerprint density at radius 2 is 2.05 bits per heavy atom. The summed E-state index contributed by atoms with van der Waals surface area (Å²) in [5, 5.41) is 4.63. The van der Waals surface area contributed by atoms with Crippen molar-refractivity contribution in [1.82, 2.24) is 14.6 Å². The van der Waals surface area contributed by atoms with Crippen LogP contribution in [0.15, 0.2) is 30.3 Å². The third-order valence-electron chi connectivity index (χ3n) is 3.68. The van der Waals surface area contributed by atoms with E-state index < -0.39 is 0 Å². The number of fused-ring (bicyclic) bond motifs is 1. The van der Waals surface area contributed by atoms with Crippen LogP contribution in [0.1, 0.15) is 18.2 Å². The molecule has 0 unspecified atom stereocenters. The number of hydrogen-bond acceptors (Lipinski definition) is 5. The molecule has 0 saturated heterocycles. The van der Waals surface area contributed by atoms with Crippen LogP contribution in [0.3, 0.4) is 0 Å². The standard InChI is InChI=1S/C16H19N5O/c1-4-22-14-8-6-5-7-12(14)13-9-15-18-11(3)10(2)16(19-17)21(15)20-13/h5-9,19H,4,17H2,1-3H3. The maximum absolute atomic E-state index is 5.68. The molecule has 0 saturated carbocycles. The lowest BCUT2D eigenvalue weighted by atomic mass is 10.1. The number of rotatable bonds is 4. The number of aromatic nitrogens is 3. The number of nitrogens with two attached hydrogens (primary N) is 1. The molecule has 6 heteroatoms. The maximum atomic E-state index is 5.68. The zero-order valence-corrected chi connectivity index (χ0v) is 12.9. The minimum atomic E-state index is 0.608. The molecular weight excluding hydrogens is 278 g/mol. The Balaban J connectivity index is 2.22. The second-order valence-corrected chi connectivity index (χ2v) is 5.04. The Morgan fingerprint density at radius 1 is 1.27 bits per heavy atom. The van der Waals surface area contributed by atoms with Crippen LogP contribution >= 0.6 is 0 Å². The summed E-state index contributed by atoms with van der Waals surface area (Å²) < 4.78 is 7.40. The van der Waals surface area contributed by atoms with Gasteiger partial charge >= 0.3 is 0 Å². The van der Waals surface area contributed by atoms with Gasteiger partial charge in [0.05, 0.1) is 12.3 Å².